The van der Waals surface area contributed by atoms with Crippen molar-refractivity contribution in [2.75, 3.05) is 18.4 Å². The Balaban J connectivity index is 1.47. The topological polar surface area (TPSA) is 91.7 Å². The number of carbonyl (C=O) groups is 2. The molecule has 154 valence electrons. The van der Waals surface area contributed by atoms with E-state index in [-0.39, 0.29) is 12.5 Å². The van der Waals surface area contributed by atoms with Gasteiger partial charge in [-0.3, -0.25) is 9.36 Å². The van der Waals surface area contributed by atoms with Crippen molar-refractivity contribution in [3.05, 3.63) is 60.4 Å². The van der Waals surface area contributed by atoms with Crippen molar-refractivity contribution in [2.24, 2.45) is 0 Å². The van der Waals surface area contributed by atoms with Gasteiger partial charge in [0.2, 0.25) is 6.79 Å². The Hall–Kier alpha value is -3.46. The maximum absolute atomic E-state index is 12.8. The van der Waals surface area contributed by atoms with Crippen LogP contribution in [0.15, 0.2) is 59.9 Å². The van der Waals surface area contributed by atoms with E-state index in [1.165, 1.54) is 24.9 Å². The highest BCUT2D eigenvalue weighted by molar-refractivity contribution is 7.98. The van der Waals surface area contributed by atoms with Gasteiger partial charge in [-0.25, -0.2) is 9.78 Å². The Labute approximate surface area is 177 Å². The van der Waals surface area contributed by atoms with Gasteiger partial charge in [0.1, 0.15) is 0 Å². The first-order valence-corrected chi connectivity index (χ1v) is 10.4. The molecule has 1 atom stereocenters. The smallest absolute Gasteiger partial charge is 0.357 e. The normalized spacial score (nSPS) is 13.0. The molecule has 0 spiro atoms. The van der Waals surface area contributed by atoms with Crippen LogP contribution in [0.2, 0.25) is 0 Å². The van der Waals surface area contributed by atoms with E-state index in [0.717, 1.165) is 5.69 Å². The van der Waals surface area contributed by atoms with Gasteiger partial charge in [0, 0.05) is 17.4 Å². The first-order chi connectivity index (χ1) is 14.6. The molecule has 1 amide bonds. The van der Waals surface area contributed by atoms with Crippen molar-refractivity contribution in [1.29, 1.82) is 0 Å². The molecule has 30 heavy (non-hydrogen) atoms. The van der Waals surface area contributed by atoms with Crippen LogP contribution in [0.5, 0.6) is 11.5 Å². The molecule has 4 rings (SSSR count). The molecule has 0 aliphatic carbocycles. The number of nitrogens with zero attached hydrogens (tertiary/aromatic N) is 2. The lowest BCUT2D eigenvalue weighted by Crippen LogP contribution is -2.30. The van der Waals surface area contributed by atoms with Crippen molar-refractivity contribution < 1.29 is 23.8 Å². The monoisotopic (exact) mass is 425 g/mol. The van der Waals surface area contributed by atoms with Crippen molar-refractivity contribution in [2.45, 2.75) is 18.2 Å². The number of anilines is 1. The average Bonchev–Trinajstić information content (AvgIpc) is 3.40. The molecule has 1 aromatic heterocycles. The van der Waals surface area contributed by atoms with Crippen molar-refractivity contribution in [3.8, 4) is 17.2 Å². The standard InChI is InChI=1S/C21H19N3O5S/c1-13(19(25)23-14-8-9-17-18(10-14)28-12-27-17)29-20(26)16-11-22-21(30-2)24(16)15-6-4-3-5-7-15/h3-11,13H,12H2,1-2H3,(H,23,25). The fourth-order valence-corrected chi connectivity index (χ4v) is 3.49. The van der Waals surface area contributed by atoms with Crippen LogP contribution in [0.25, 0.3) is 5.69 Å². The van der Waals surface area contributed by atoms with Crippen LogP contribution in [0.3, 0.4) is 0 Å². The fraction of sp³-hybridized carbons (Fsp3) is 0.190. The van der Waals surface area contributed by atoms with E-state index in [1.807, 2.05) is 36.6 Å². The van der Waals surface area contributed by atoms with Crippen molar-refractivity contribution >= 4 is 29.3 Å². The van der Waals surface area contributed by atoms with Crippen LogP contribution >= 0.6 is 11.8 Å². The predicted octanol–water partition coefficient (Wildman–Crippen LogP) is 3.51. The number of amides is 1. The molecular weight excluding hydrogens is 406 g/mol. The van der Waals surface area contributed by atoms with E-state index in [1.54, 1.807) is 22.8 Å². The van der Waals surface area contributed by atoms with Gasteiger partial charge < -0.3 is 19.5 Å². The number of para-hydroxylation sites is 1. The summed E-state index contributed by atoms with van der Waals surface area (Å²) in [7, 11) is 0. The number of imidazole rings is 1. The van der Waals surface area contributed by atoms with E-state index < -0.39 is 18.0 Å². The lowest BCUT2D eigenvalue weighted by Gasteiger charge is -2.15. The Morgan fingerprint density at radius 2 is 1.93 bits per heavy atom. The zero-order chi connectivity index (χ0) is 21.1. The average molecular weight is 425 g/mol. The van der Waals surface area contributed by atoms with Crippen LogP contribution < -0.4 is 14.8 Å². The third-order valence-corrected chi connectivity index (χ3v) is 5.08. The van der Waals surface area contributed by atoms with Gasteiger partial charge in [-0.15, -0.1) is 0 Å². The van der Waals surface area contributed by atoms with Gasteiger partial charge in [0.15, 0.2) is 28.5 Å². The summed E-state index contributed by atoms with van der Waals surface area (Å²) >= 11 is 1.41. The summed E-state index contributed by atoms with van der Waals surface area (Å²) in [6.07, 6.45) is 2.31. The number of benzene rings is 2. The summed E-state index contributed by atoms with van der Waals surface area (Å²) in [6, 6.07) is 14.4. The summed E-state index contributed by atoms with van der Waals surface area (Å²) in [4.78, 5) is 29.6. The van der Waals surface area contributed by atoms with E-state index in [9.17, 15) is 9.59 Å². The Morgan fingerprint density at radius 3 is 2.70 bits per heavy atom. The first-order valence-electron chi connectivity index (χ1n) is 9.15. The minimum atomic E-state index is -1.01. The van der Waals surface area contributed by atoms with Gasteiger partial charge in [0.25, 0.3) is 5.91 Å². The van der Waals surface area contributed by atoms with Crippen LogP contribution in [0.1, 0.15) is 17.4 Å². The zero-order valence-electron chi connectivity index (χ0n) is 16.3. The molecule has 0 bridgehead atoms. The third kappa shape index (κ3) is 3.97. The molecule has 0 fully saturated rings. The molecule has 1 aliphatic rings. The van der Waals surface area contributed by atoms with E-state index >= 15 is 0 Å². The highest BCUT2D eigenvalue weighted by atomic mass is 32.2. The molecule has 1 aliphatic heterocycles. The second-order valence-electron chi connectivity index (χ2n) is 6.41. The van der Waals surface area contributed by atoms with E-state index in [0.29, 0.717) is 22.3 Å². The second kappa shape index (κ2) is 8.50. The summed E-state index contributed by atoms with van der Waals surface area (Å²) in [6.45, 7) is 1.66. The maximum atomic E-state index is 12.8. The molecule has 9 heteroatoms. The molecule has 8 nitrogen and oxygen atoms in total. The van der Waals surface area contributed by atoms with E-state index in [4.69, 9.17) is 14.2 Å². The molecule has 1 unspecified atom stereocenters. The van der Waals surface area contributed by atoms with Crippen molar-refractivity contribution in [3.63, 3.8) is 0 Å². The predicted molar refractivity (Wildman–Crippen MR) is 111 cm³/mol. The summed E-state index contributed by atoms with van der Waals surface area (Å²) in [5.41, 5.74) is 1.54. The lowest BCUT2D eigenvalue weighted by molar-refractivity contribution is -0.123. The summed E-state index contributed by atoms with van der Waals surface area (Å²) in [5, 5.41) is 3.36. The van der Waals surface area contributed by atoms with Gasteiger partial charge in [0.05, 0.1) is 6.20 Å². The van der Waals surface area contributed by atoms with Crippen molar-refractivity contribution in [1.82, 2.24) is 9.55 Å². The SMILES string of the molecule is CSc1ncc(C(=O)OC(C)C(=O)Nc2ccc3c(c2)OCO3)n1-c1ccccc1. The highest BCUT2D eigenvalue weighted by Gasteiger charge is 2.24. The number of rotatable bonds is 6. The molecule has 0 saturated carbocycles. The fourth-order valence-electron chi connectivity index (χ4n) is 2.94. The largest absolute Gasteiger partial charge is 0.454 e. The van der Waals surface area contributed by atoms with Gasteiger partial charge in [-0.2, -0.15) is 0 Å². The minimum Gasteiger partial charge on any atom is -0.454 e. The number of thioether (sulfide) groups is 1. The number of esters is 1. The number of fused-ring (bicyclic) bond motifs is 1. The Bertz CT molecular complexity index is 1080. The minimum absolute atomic E-state index is 0.147. The molecule has 2 aromatic carbocycles. The number of carbonyl (C=O) groups excluding carboxylic acids is 2. The number of nitrogens with one attached hydrogen (secondary N) is 1. The third-order valence-electron chi connectivity index (χ3n) is 4.43. The number of ether oxygens (including phenoxy) is 3. The molecule has 0 radical (unpaired) electrons. The highest BCUT2D eigenvalue weighted by Crippen LogP contribution is 2.34. The quantitative estimate of drug-likeness (QED) is 0.477. The lowest BCUT2D eigenvalue weighted by atomic mass is 10.2. The van der Waals surface area contributed by atoms with Crippen LogP contribution in [-0.2, 0) is 9.53 Å². The molecular formula is C21H19N3O5S. The maximum Gasteiger partial charge on any atom is 0.357 e. The van der Waals surface area contributed by atoms with Gasteiger partial charge in [-0.05, 0) is 37.4 Å². The first kappa shape index (κ1) is 19.8. The molecule has 1 N–H and O–H groups in total. The van der Waals surface area contributed by atoms with Gasteiger partial charge in [-0.1, -0.05) is 30.0 Å². The number of hydrogen-bond donors (Lipinski definition) is 1. The second-order valence-corrected chi connectivity index (χ2v) is 7.18. The van der Waals surface area contributed by atoms with Crippen LogP contribution in [-0.4, -0.2) is 40.6 Å². The number of hydrogen-bond acceptors (Lipinski definition) is 7. The molecule has 0 saturated heterocycles. The molecule has 3 aromatic rings. The summed E-state index contributed by atoms with van der Waals surface area (Å²) in [5.74, 6) is 0.0677. The summed E-state index contributed by atoms with van der Waals surface area (Å²) < 4.78 is 17.7. The van der Waals surface area contributed by atoms with Crippen LogP contribution in [0.4, 0.5) is 5.69 Å². The van der Waals surface area contributed by atoms with E-state index in [2.05, 4.69) is 10.3 Å². The van der Waals surface area contributed by atoms with Crippen LogP contribution in [0, 0.1) is 0 Å². The number of aromatic nitrogens is 2. The zero-order valence-corrected chi connectivity index (χ0v) is 17.1. The Kier molecular flexibility index (Phi) is 5.62. The Morgan fingerprint density at radius 1 is 1.17 bits per heavy atom. The van der Waals surface area contributed by atoms with Gasteiger partial charge >= 0.3 is 5.97 Å². The molecule has 2 heterocycles.